The van der Waals surface area contributed by atoms with Gasteiger partial charge >= 0.3 is 6.09 Å². The summed E-state index contributed by atoms with van der Waals surface area (Å²) in [5.74, 6) is 0. The van der Waals surface area contributed by atoms with E-state index in [9.17, 15) is 4.79 Å². The summed E-state index contributed by atoms with van der Waals surface area (Å²) in [6.45, 7) is 5.41. The summed E-state index contributed by atoms with van der Waals surface area (Å²) >= 11 is 0. The van der Waals surface area contributed by atoms with Crippen molar-refractivity contribution in [2.24, 2.45) is 5.73 Å². The van der Waals surface area contributed by atoms with E-state index in [1.807, 2.05) is 0 Å². The standard InChI is InChI=1S/C4H9NO2.C2H6O/c1-3(2)7-4(5)6;1-2-3/h3H,1-2H3,(H2,5,6);3H,2H2,1H3. The number of nitrogens with two attached hydrogens (primary N) is 1. The highest BCUT2D eigenvalue weighted by Crippen LogP contribution is 1.83. The second-order valence-electron chi connectivity index (χ2n) is 1.80. The number of aliphatic hydroxyl groups excluding tert-OH is 1. The molecule has 0 bridgehead atoms. The van der Waals surface area contributed by atoms with Crippen molar-refractivity contribution in [1.29, 1.82) is 0 Å². The minimum atomic E-state index is -0.713. The maximum Gasteiger partial charge on any atom is 0.404 e. The van der Waals surface area contributed by atoms with Crippen LogP contribution in [0.3, 0.4) is 0 Å². The first-order valence-electron chi connectivity index (χ1n) is 3.11. The van der Waals surface area contributed by atoms with Crippen LogP contribution in [-0.2, 0) is 4.74 Å². The first-order chi connectivity index (χ1) is 4.54. The van der Waals surface area contributed by atoms with Crippen LogP contribution in [0.25, 0.3) is 0 Å². The second kappa shape index (κ2) is 8.23. The van der Waals surface area contributed by atoms with Crippen molar-refractivity contribution in [2.75, 3.05) is 6.61 Å². The molecule has 1 amide bonds. The predicted molar refractivity (Wildman–Crippen MR) is 38.6 cm³/mol. The summed E-state index contributed by atoms with van der Waals surface area (Å²) in [4.78, 5) is 9.81. The Labute approximate surface area is 61.0 Å². The number of amides is 1. The van der Waals surface area contributed by atoms with Crippen molar-refractivity contribution in [1.82, 2.24) is 0 Å². The molecule has 0 aliphatic heterocycles. The van der Waals surface area contributed by atoms with Crippen molar-refractivity contribution < 1.29 is 14.6 Å². The molecule has 10 heavy (non-hydrogen) atoms. The Morgan fingerprint density at radius 3 is 2.00 bits per heavy atom. The van der Waals surface area contributed by atoms with Crippen LogP contribution < -0.4 is 5.73 Å². The molecule has 4 heteroatoms. The summed E-state index contributed by atoms with van der Waals surface area (Å²) in [5.41, 5.74) is 4.63. The zero-order chi connectivity index (χ0) is 8.57. The third kappa shape index (κ3) is 26.9. The lowest BCUT2D eigenvalue weighted by atomic mass is 10.5. The maximum absolute atomic E-state index is 9.81. The highest BCUT2D eigenvalue weighted by atomic mass is 16.6. The van der Waals surface area contributed by atoms with Crippen molar-refractivity contribution in [3.05, 3.63) is 0 Å². The van der Waals surface area contributed by atoms with Crippen LogP contribution in [0.15, 0.2) is 0 Å². The van der Waals surface area contributed by atoms with Gasteiger partial charge in [0.2, 0.25) is 0 Å². The third-order valence-corrected chi connectivity index (χ3v) is 0.352. The molecule has 0 spiro atoms. The van der Waals surface area contributed by atoms with Crippen LogP contribution >= 0.6 is 0 Å². The molecule has 0 unspecified atom stereocenters. The number of hydrogen-bond donors (Lipinski definition) is 2. The van der Waals surface area contributed by atoms with Gasteiger partial charge in [-0.15, -0.1) is 0 Å². The van der Waals surface area contributed by atoms with E-state index in [1.54, 1.807) is 20.8 Å². The van der Waals surface area contributed by atoms with Gasteiger partial charge in [-0.3, -0.25) is 0 Å². The summed E-state index contributed by atoms with van der Waals surface area (Å²) in [6, 6.07) is 0. The molecule has 0 aromatic heterocycles. The third-order valence-electron chi connectivity index (χ3n) is 0.352. The van der Waals surface area contributed by atoms with Gasteiger partial charge in [-0.25, -0.2) is 4.79 Å². The van der Waals surface area contributed by atoms with Crippen LogP contribution in [0.5, 0.6) is 0 Å². The average molecular weight is 149 g/mol. The van der Waals surface area contributed by atoms with Crippen LogP contribution in [0.2, 0.25) is 0 Å². The molecule has 0 aliphatic rings. The van der Waals surface area contributed by atoms with Gasteiger partial charge in [-0.2, -0.15) is 0 Å². The lowest BCUT2D eigenvalue weighted by Gasteiger charge is -2.01. The van der Waals surface area contributed by atoms with Gasteiger partial charge in [0, 0.05) is 6.61 Å². The number of carbonyl (C=O) groups excluding carboxylic acids is 1. The van der Waals surface area contributed by atoms with E-state index in [1.165, 1.54) is 0 Å². The molecule has 0 heterocycles. The number of ether oxygens (including phenoxy) is 1. The lowest BCUT2D eigenvalue weighted by Crippen LogP contribution is -2.17. The number of primary amides is 1. The molecule has 0 atom stereocenters. The molecule has 0 aromatic rings. The Morgan fingerprint density at radius 1 is 1.70 bits per heavy atom. The molecule has 0 saturated carbocycles. The zero-order valence-electron chi connectivity index (χ0n) is 6.63. The average Bonchev–Trinajstić information content (AvgIpc) is 1.62. The van der Waals surface area contributed by atoms with Gasteiger partial charge in [-0.05, 0) is 20.8 Å². The largest absolute Gasteiger partial charge is 0.447 e. The number of carbonyl (C=O) groups is 1. The number of aliphatic hydroxyl groups is 1. The first-order valence-corrected chi connectivity index (χ1v) is 3.11. The van der Waals surface area contributed by atoms with E-state index < -0.39 is 6.09 Å². The van der Waals surface area contributed by atoms with E-state index in [0.717, 1.165) is 0 Å². The molecule has 0 saturated heterocycles. The predicted octanol–water partition coefficient (Wildman–Crippen LogP) is 0.489. The highest BCUT2D eigenvalue weighted by molar-refractivity contribution is 5.64. The minimum Gasteiger partial charge on any atom is -0.447 e. The van der Waals surface area contributed by atoms with E-state index in [-0.39, 0.29) is 12.7 Å². The fourth-order valence-electron chi connectivity index (χ4n) is 0.232. The summed E-state index contributed by atoms with van der Waals surface area (Å²) in [7, 11) is 0. The van der Waals surface area contributed by atoms with Crippen LogP contribution in [0.4, 0.5) is 4.79 Å². The SMILES string of the molecule is CC(C)OC(N)=O.CCO. The number of hydrogen-bond acceptors (Lipinski definition) is 3. The van der Waals surface area contributed by atoms with E-state index in [2.05, 4.69) is 10.5 Å². The van der Waals surface area contributed by atoms with Crippen molar-refractivity contribution in [3.63, 3.8) is 0 Å². The van der Waals surface area contributed by atoms with Gasteiger partial charge in [0.25, 0.3) is 0 Å². The molecule has 0 radical (unpaired) electrons. The Morgan fingerprint density at radius 2 is 2.00 bits per heavy atom. The zero-order valence-corrected chi connectivity index (χ0v) is 6.63. The van der Waals surface area contributed by atoms with E-state index >= 15 is 0 Å². The quantitative estimate of drug-likeness (QED) is 0.569. The molecular weight excluding hydrogens is 134 g/mol. The van der Waals surface area contributed by atoms with Gasteiger partial charge in [-0.1, -0.05) is 0 Å². The van der Waals surface area contributed by atoms with Crippen LogP contribution in [0, 0.1) is 0 Å². The smallest absolute Gasteiger partial charge is 0.404 e. The Bertz CT molecular complexity index is 83.1. The van der Waals surface area contributed by atoms with Gasteiger partial charge in [0.05, 0.1) is 6.10 Å². The molecule has 0 rings (SSSR count). The Balaban J connectivity index is 0. The fourth-order valence-corrected chi connectivity index (χ4v) is 0.232. The van der Waals surface area contributed by atoms with Crippen molar-refractivity contribution in [3.8, 4) is 0 Å². The molecule has 4 nitrogen and oxygen atoms in total. The van der Waals surface area contributed by atoms with Crippen molar-refractivity contribution in [2.45, 2.75) is 26.9 Å². The molecule has 62 valence electrons. The van der Waals surface area contributed by atoms with Gasteiger partial charge in [0.1, 0.15) is 0 Å². The summed E-state index contributed by atoms with van der Waals surface area (Å²) in [5, 5.41) is 7.57. The van der Waals surface area contributed by atoms with Crippen LogP contribution in [-0.4, -0.2) is 23.9 Å². The lowest BCUT2D eigenvalue weighted by molar-refractivity contribution is 0.125. The molecular formula is C6H15NO3. The van der Waals surface area contributed by atoms with E-state index in [0.29, 0.717) is 0 Å². The Kier molecular flexibility index (Phi) is 9.84. The van der Waals surface area contributed by atoms with Crippen LogP contribution in [0.1, 0.15) is 20.8 Å². The first kappa shape index (κ1) is 12.0. The van der Waals surface area contributed by atoms with Gasteiger partial charge < -0.3 is 15.6 Å². The number of rotatable bonds is 1. The topological polar surface area (TPSA) is 72.5 Å². The highest BCUT2D eigenvalue weighted by Gasteiger charge is 1.94. The molecule has 3 N–H and O–H groups in total. The minimum absolute atomic E-state index is 0.0995. The summed E-state index contributed by atoms with van der Waals surface area (Å²) in [6.07, 6.45) is -0.813. The molecule has 0 aliphatic carbocycles. The van der Waals surface area contributed by atoms with Crippen molar-refractivity contribution >= 4 is 6.09 Å². The fraction of sp³-hybridized carbons (Fsp3) is 0.833. The van der Waals surface area contributed by atoms with Gasteiger partial charge in [0.15, 0.2) is 0 Å². The van der Waals surface area contributed by atoms with E-state index in [4.69, 9.17) is 5.11 Å². The summed E-state index contributed by atoms with van der Waals surface area (Å²) < 4.78 is 4.39. The molecule has 0 fully saturated rings. The second-order valence-corrected chi connectivity index (χ2v) is 1.80. The monoisotopic (exact) mass is 149 g/mol. The normalized spacial score (nSPS) is 8.10. The maximum atomic E-state index is 9.81. The molecule has 0 aromatic carbocycles. The Hall–Kier alpha value is -0.770.